The summed E-state index contributed by atoms with van der Waals surface area (Å²) in [5.41, 5.74) is 2.28. The van der Waals surface area contributed by atoms with E-state index in [2.05, 4.69) is 4.98 Å². The van der Waals surface area contributed by atoms with Crippen LogP contribution in [0.4, 0.5) is 0 Å². The van der Waals surface area contributed by atoms with E-state index in [0.29, 0.717) is 13.0 Å². The first-order valence-electron chi connectivity index (χ1n) is 4.97. The number of nitrogens with zero attached hydrogens (tertiary/aromatic N) is 1. The smallest absolute Gasteiger partial charge is 0.0867 e. The minimum absolute atomic E-state index is 0.0208. The van der Waals surface area contributed by atoms with Crippen molar-refractivity contribution in [3.05, 3.63) is 29.6 Å². The number of ether oxygens (including phenoxy) is 1. The molecular formula is C11H15NO2. The van der Waals surface area contributed by atoms with E-state index in [1.807, 2.05) is 19.2 Å². The summed E-state index contributed by atoms with van der Waals surface area (Å²) >= 11 is 0. The van der Waals surface area contributed by atoms with Gasteiger partial charge in [0, 0.05) is 31.0 Å². The summed E-state index contributed by atoms with van der Waals surface area (Å²) in [6, 6.07) is 1.97. The van der Waals surface area contributed by atoms with E-state index in [0.717, 1.165) is 12.0 Å². The first-order chi connectivity index (χ1) is 6.77. The fourth-order valence-electron chi connectivity index (χ4n) is 1.81. The van der Waals surface area contributed by atoms with Crippen molar-refractivity contribution >= 4 is 0 Å². The van der Waals surface area contributed by atoms with Crippen molar-refractivity contribution in [2.75, 3.05) is 6.61 Å². The molecule has 0 saturated carbocycles. The van der Waals surface area contributed by atoms with Crippen LogP contribution in [-0.2, 0) is 4.74 Å². The molecule has 1 aromatic rings. The van der Waals surface area contributed by atoms with E-state index in [4.69, 9.17) is 4.74 Å². The average molecular weight is 193 g/mol. The molecule has 1 N–H and O–H groups in total. The van der Waals surface area contributed by atoms with Crippen molar-refractivity contribution in [3.63, 3.8) is 0 Å². The summed E-state index contributed by atoms with van der Waals surface area (Å²) in [7, 11) is 0. The molecule has 0 aromatic carbocycles. The van der Waals surface area contributed by atoms with Crippen molar-refractivity contribution < 1.29 is 9.84 Å². The van der Waals surface area contributed by atoms with Gasteiger partial charge in [0.15, 0.2) is 0 Å². The molecule has 14 heavy (non-hydrogen) atoms. The number of aliphatic hydroxyl groups excluding tert-OH is 1. The summed E-state index contributed by atoms with van der Waals surface area (Å²) in [6.07, 6.45) is 4.83. The summed E-state index contributed by atoms with van der Waals surface area (Å²) in [5, 5.41) is 9.53. The number of pyridine rings is 1. The van der Waals surface area contributed by atoms with E-state index in [1.165, 1.54) is 5.56 Å². The van der Waals surface area contributed by atoms with Gasteiger partial charge in [-0.15, -0.1) is 0 Å². The van der Waals surface area contributed by atoms with Crippen LogP contribution in [0.3, 0.4) is 0 Å². The van der Waals surface area contributed by atoms with Crippen LogP contribution in [0.25, 0.3) is 0 Å². The predicted molar refractivity (Wildman–Crippen MR) is 52.9 cm³/mol. The predicted octanol–water partition coefficient (Wildman–Crippen LogP) is 1.60. The van der Waals surface area contributed by atoms with Crippen molar-refractivity contribution in [2.45, 2.75) is 32.0 Å². The molecule has 3 heteroatoms. The average Bonchev–Trinajstić information content (AvgIpc) is 2.18. The summed E-state index contributed by atoms with van der Waals surface area (Å²) in [6.45, 7) is 2.68. The third-order valence-corrected chi connectivity index (χ3v) is 2.68. The maximum absolute atomic E-state index is 9.53. The Morgan fingerprint density at radius 1 is 1.57 bits per heavy atom. The maximum atomic E-state index is 9.53. The second-order valence-electron chi connectivity index (χ2n) is 3.77. The van der Waals surface area contributed by atoms with E-state index in [-0.39, 0.29) is 12.2 Å². The molecule has 76 valence electrons. The van der Waals surface area contributed by atoms with Gasteiger partial charge < -0.3 is 9.84 Å². The van der Waals surface area contributed by atoms with Gasteiger partial charge in [0.2, 0.25) is 0 Å². The molecule has 2 heterocycles. The second-order valence-corrected chi connectivity index (χ2v) is 3.77. The quantitative estimate of drug-likeness (QED) is 0.736. The number of aliphatic hydroxyl groups is 1. The highest BCUT2D eigenvalue weighted by atomic mass is 16.5. The molecule has 1 aromatic heterocycles. The van der Waals surface area contributed by atoms with Gasteiger partial charge in [0.05, 0.1) is 12.2 Å². The molecule has 1 aliphatic heterocycles. The lowest BCUT2D eigenvalue weighted by molar-refractivity contribution is -0.0451. The molecule has 1 saturated heterocycles. The summed E-state index contributed by atoms with van der Waals surface area (Å²) in [4.78, 5) is 4.08. The highest BCUT2D eigenvalue weighted by Gasteiger charge is 2.23. The Morgan fingerprint density at radius 3 is 3.14 bits per heavy atom. The Labute approximate surface area is 83.7 Å². The van der Waals surface area contributed by atoms with Crippen LogP contribution in [0, 0.1) is 6.92 Å². The van der Waals surface area contributed by atoms with E-state index < -0.39 is 0 Å². The van der Waals surface area contributed by atoms with Crippen LogP contribution in [0.2, 0.25) is 0 Å². The molecule has 3 nitrogen and oxygen atoms in total. The Morgan fingerprint density at radius 2 is 2.43 bits per heavy atom. The zero-order valence-electron chi connectivity index (χ0n) is 8.31. The SMILES string of the molecule is Cc1ccncc1C1CC(O)CCO1. The van der Waals surface area contributed by atoms with Gasteiger partial charge in [-0.05, 0) is 25.0 Å². The minimum atomic E-state index is -0.228. The van der Waals surface area contributed by atoms with Gasteiger partial charge in [0.1, 0.15) is 0 Å². The first-order valence-corrected chi connectivity index (χ1v) is 4.97. The normalized spacial score (nSPS) is 27.6. The first kappa shape index (κ1) is 9.62. The van der Waals surface area contributed by atoms with E-state index in [1.54, 1.807) is 6.20 Å². The number of hydrogen-bond donors (Lipinski definition) is 1. The molecule has 2 unspecified atom stereocenters. The van der Waals surface area contributed by atoms with Crippen LogP contribution in [0.15, 0.2) is 18.5 Å². The van der Waals surface area contributed by atoms with Crippen LogP contribution in [0.5, 0.6) is 0 Å². The fourth-order valence-corrected chi connectivity index (χ4v) is 1.81. The highest BCUT2D eigenvalue weighted by molar-refractivity contribution is 5.24. The molecule has 1 aliphatic rings. The van der Waals surface area contributed by atoms with E-state index in [9.17, 15) is 5.11 Å². The lowest BCUT2D eigenvalue weighted by atomic mass is 9.98. The van der Waals surface area contributed by atoms with Crippen LogP contribution >= 0.6 is 0 Å². The number of hydrogen-bond acceptors (Lipinski definition) is 3. The van der Waals surface area contributed by atoms with Crippen LogP contribution < -0.4 is 0 Å². The molecule has 0 bridgehead atoms. The van der Waals surface area contributed by atoms with Gasteiger partial charge >= 0.3 is 0 Å². The lowest BCUT2D eigenvalue weighted by Gasteiger charge is -2.27. The zero-order chi connectivity index (χ0) is 9.97. The third kappa shape index (κ3) is 1.94. The molecule has 0 spiro atoms. The Hall–Kier alpha value is -0.930. The molecule has 2 rings (SSSR count). The number of rotatable bonds is 1. The van der Waals surface area contributed by atoms with Crippen LogP contribution in [0.1, 0.15) is 30.1 Å². The van der Waals surface area contributed by atoms with Crippen molar-refractivity contribution in [1.29, 1.82) is 0 Å². The van der Waals surface area contributed by atoms with Crippen molar-refractivity contribution in [2.24, 2.45) is 0 Å². The standard InChI is InChI=1S/C11H15NO2/c1-8-2-4-12-7-10(8)11-6-9(13)3-5-14-11/h2,4,7,9,11,13H,3,5-6H2,1H3. The van der Waals surface area contributed by atoms with Gasteiger partial charge in [-0.3, -0.25) is 4.98 Å². The third-order valence-electron chi connectivity index (χ3n) is 2.68. The molecule has 2 atom stereocenters. The summed E-state index contributed by atoms with van der Waals surface area (Å²) < 4.78 is 5.62. The largest absolute Gasteiger partial charge is 0.393 e. The molecule has 1 fully saturated rings. The minimum Gasteiger partial charge on any atom is -0.393 e. The Kier molecular flexibility index (Phi) is 2.79. The molecule has 0 radical (unpaired) electrons. The molecule has 0 aliphatic carbocycles. The summed E-state index contributed by atoms with van der Waals surface area (Å²) in [5.74, 6) is 0. The van der Waals surface area contributed by atoms with Gasteiger partial charge in [-0.25, -0.2) is 0 Å². The zero-order valence-corrected chi connectivity index (χ0v) is 8.31. The lowest BCUT2D eigenvalue weighted by Crippen LogP contribution is -2.23. The molecular weight excluding hydrogens is 178 g/mol. The van der Waals surface area contributed by atoms with Crippen molar-refractivity contribution in [3.8, 4) is 0 Å². The fraction of sp³-hybridized carbons (Fsp3) is 0.545. The van der Waals surface area contributed by atoms with Gasteiger partial charge in [0.25, 0.3) is 0 Å². The second kappa shape index (κ2) is 4.07. The van der Waals surface area contributed by atoms with Gasteiger partial charge in [-0.2, -0.15) is 0 Å². The van der Waals surface area contributed by atoms with Gasteiger partial charge in [-0.1, -0.05) is 0 Å². The topological polar surface area (TPSA) is 42.4 Å². The maximum Gasteiger partial charge on any atom is 0.0867 e. The highest BCUT2D eigenvalue weighted by Crippen LogP contribution is 2.29. The van der Waals surface area contributed by atoms with Crippen molar-refractivity contribution in [1.82, 2.24) is 4.98 Å². The number of aryl methyl sites for hydroxylation is 1. The molecule has 0 amide bonds. The van der Waals surface area contributed by atoms with Crippen LogP contribution in [-0.4, -0.2) is 22.8 Å². The van der Waals surface area contributed by atoms with E-state index >= 15 is 0 Å². The Bertz CT molecular complexity index is 314. The number of aromatic nitrogens is 1. The monoisotopic (exact) mass is 193 g/mol. The Balaban J connectivity index is 2.18.